The van der Waals surface area contributed by atoms with Crippen molar-refractivity contribution in [3.8, 4) is 0 Å². The van der Waals surface area contributed by atoms with E-state index in [9.17, 15) is 13.5 Å². The van der Waals surface area contributed by atoms with Gasteiger partial charge in [0.1, 0.15) is 0 Å². The van der Waals surface area contributed by atoms with E-state index in [2.05, 4.69) is 9.97 Å². The van der Waals surface area contributed by atoms with Gasteiger partial charge in [-0.1, -0.05) is 36.4 Å². The highest BCUT2D eigenvalue weighted by atomic mass is 32.2. The number of pyridine rings is 1. The number of aliphatic hydroxyl groups is 1. The smallest absolute Gasteiger partial charge is 0.244 e. The lowest BCUT2D eigenvalue weighted by Crippen LogP contribution is -2.48. The van der Waals surface area contributed by atoms with E-state index in [0.717, 1.165) is 22.0 Å². The van der Waals surface area contributed by atoms with Gasteiger partial charge in [-0.25, -0.2) is 8.42 Å². The zero-order valence-electron chi connectivity index (χ0n) is 16.1. The Hall–Kier alpha value is -3.00. The summed E-state index contributed by atoms with van der Waals surface area (Å²) in [5, 5.41) is 12.3. The fourth-order valence-corrected chi connectivity index (χ4v) is 6.13. The van der Waals surface area contributed by atoms with E-state index >= 15 is 0 Å². The largest absolute Gasteiger partial charge is 0.387 e. The van der Waals surface area contributed by atoms with Gasteiger partial charge in [0, 0.05) is 41.6 Å². The maximum Gasteiger partial charge on any atom is 0.244 e. The first-order valence-corrected chi connectivity index (χ1v) is 11.2. The van der Waals surface area contributed by atoms with Crippen molar-refractivity contribution in [2.75, 3.05) is 0 Å². The monoisotopic (exact) mass is 419 g/mol. The lowest BCUT2D eigenvalue weighted by Gasteiger charge is -2.39. The summed E-state index contributed by atoms with van der Waals surface area (Å²) in [4.78, 5) is 7.47. The minimum atomic E-state index is -3.79. The number of fused-ring (bicyclic) bond motifs is 2. The molecule has 0 amide bonds. The predicted molar refractivity (Wildman–Crippen MR) is 114 cm³/mol. The molecule has 2 unspecified atom stereocenters. The lowest BCUT2D eigenvalue weighted by molar-refractivity contribution is 0.0771. The average molecular weight is 420 g/mol. The van der Waals surface area contributed by atoms with Gasteiger partial charge in [-0.2, -0.15) is 4.31 Å². The molecule has 0 saturated carbocycles. The minimum absolute atomic E-state index is 0.148. The van der Waals surface area contributed by atoms with Crippen LogP contribution in [0.1, 0.15) is 22.8 Å². The molecule has 4 aromatic rings. The van der Waals surface area contributed by atoms with Crippen LogP contribution >= 0.6 is 0 Å². The van der Waals surface area contributed by atoms with E-state index in [-0.39, 0.29) is 11.4 Å². The maximum atomic E-state index is 13.6. The first kappa shape index (κ1) is 19.0. The van der Waals surface area contributed by atoms with Gasteiger partial charge in [0.05, 0.1) is 17.0 Å². The lowest BCUT2D eigenvalue weighted by atomic mass is 9.94. The van der Waals surface area contributed by atoms with Crippen LogP contribution in [0.5, 0.6) is 0 Å². The number of aromatic amines is 1. The summed E-state index contributed by atoms with van der Waals surface area (Å²) in [5.41, 5.74) is 3.20. The Morgan fingerprint density at radius 3 is 2.73 bits per heavy atom. The minimum Gasteiger partial charge on any atom is -0.387 e. The molecule has 0 aliphatic carbocycles. The zero-order chi connectivity index (χ0) is 20.7. The van der Waals surface area contributed by atoms with Gasteiger partial charge in [0.25, 0.3) is 0 Å². The summed E-state index contributed by atoms with van der Waals surface area (Å²) in [6, 6.07) is 17.6. The third kappa shape index (κ3) is 3.11. The molecular formula is C23H21N3O3S. The van der Waals surface area contributed by atoms with Gasteiger partial charge in [-0.05, 0) is 41.8 Å². The van der Waals surface area contributed by atoms with E-state index in [0.29, 0.717) is 12.0 Å². The number of benzene rings is 2. The number of hydrogen-bond acceptors (Lipinski definition) is 4. The summed E-state index contributed by atoms with van der Waals surface area (Å²) in [7, 11) is -3.79. The molecule has 30 heavy (non-hydrogen) atoms. The highest BCUT2D eigenvalue weighted by Gasteiger charge is 2.43. The van der Waals surface area contributed by atoms with E-state index < -0.39 is 22.2 Å². The number of nitrogens with zero attached hydrogens (tertiary/aromatic N) is 2. The van der Waals surface area contributed by atoms with Crippen molar-refractivity contribution < 1.29 is 13.5 Å². The molecule has 152 valence electrons. The van der Waals surface area contributed by atoms with Crippen molar-refractivity contribution >= 4 is 20.9 Å². The predicted octanol–water partition coefficient (Wildman–Crippen LogP) is 3.41. The second-order valence-corrected chi connectivity index (χ2v) is 9.38. The van der Waals surface area contributed by atoms with Gasteiger partial charge in [0.2, 0.25) is 10.0 Å². The van der Waals surface area contributed by atoms with Crippen LogP contribution in [0.3, 0.4) is 0 Å². The highest BCUT2D eigenvalue weighted by molar-refractivity contribution is 7.89. The number of rotatable bonds is 4. The van der Waals surface area contributed by atoms with Gasteiger partial charge in [-0.15, -0.1) is 0 Å². The molecule has 0 radical (unpaired) electrons. The molecule has 2 N–H and O–H groups in total. The number of H-pyrrole nitrogens is 1. The third-order valence-corrected chi connectivity index (χ3v) is 7.68. The standard InChI is InChI=1S/C23H21N3O3S/c27-23-19-7-1-2-9-22(19)30(28,29)26(15-16-5-4-11-24-14-16)21(23)13-17-6-3-8-20-18(17)10-12-25-20/h1-12,14,21,23,25,27H,13,15H2. The second-order valence-electron chi connectivity index (χ2n) is 7.52. The molecule has 0 bridgehead atoms. The second kappa shape index (κ2) is 7.36. The topological polar surface area (TPSA) is 86.3 Å². The molecule has 7 heteroatoms. The Morgan fingerprint density at radius 1 is 1.03 bits per heavy atom. The summed E-state index contributed by atoms with van der Waals surface area (Å²) in [5.74, 6) is 0. The number of aliphatic hydroxyl groups excluding tert-OH is 1. The Bertz CT molecular complexity index is 1300. The van der Waals surface area contributed by atoms with Crippen LogP contribution in [-0.4, -0.2) is 33.8 Å². The van der Waals surface area contributed by atoms with E-state index in [4.69, 9.17) is 0 Å². The fourth-order valence-electron chi connectivity index (χ4n) is 4.27. The third-order valence-electron chi connectivity index (χ3n) is 5.73. The Kier molecular flexibility index (Phi) is 4.66. The van der Waals surface area contributed by atoms with E-state index in [1.807, 2.05) is 36.5 Å². The maximum absolute atomic E-state index is 13.6. The molecular weight excluding hydrogens is 398 g/mol. The molecule has 2 atom stereocenters. The summed E-state index contributed by atoms with van der Waals surface area (Å²) < 4.78 is 28.5. The van der Waals surface area contributed by atoms with Crippen LogP contribution in [0.2, 0.25) is 0 Å². The number of hydrogen-bond donors (Lipinski definition) is 2. The molecule has 0 spiro atoms. The van der Waals surface area contributed by atoms with Gasteiger partial charge in [-0.3, -0.25) is 4.98 Å². The van der Waals surface area contributed by atoms with E-state index in [1.54, 1.807) is 42.7 Å². The fraction of sp³-hybridized carbons (Fsp3) is 0.174. The molecule has 3 heterocycles. The highest BCUT2D eigenvalue weighted by Crippen LogP contribution is 2.39. The zero-order valence-corrected chi connectivity index (χ0v) is 17.0. The summed E-state index contributed by atoms with van der Waals surface area (Å²) in [6.45, 7) is 0.148. The van der Waals surface area contributed by atoms with Crippen LogP contribution in [0.4, 0.5) is 0 Å². The Morgan fingerprint density at radius 2 is 1.90 bits per heavy atom. The van der Waals surface area contributed by atoms with Crippen molar-refractivity contribution in [3.63, 3.8) is 0 Å². The summed E-state index contributed by atoms with van der Waals surface area (Å²) in [6.07, 6.45) is 4.64. The van der Waals surface area contributed by atoms with Gasteiger partial charge < -0.3 is 10.1 Å². The first-order valence-electron chi connectivity index (χ1n) is 9.78. The summed E-state index contributed by atoms with van der Waals surface area (Å²) >= 11 is 0. The van der Waals surface area contributed by atoms with Crippen LogP contribution < -0.4 is 0 Å². The van der Waals surface area contributed by atoms with Crippen molar-refractivity contribution in [2.45, 2.75) is 30.0 Å². The van der Waals surface area contributed by atoms with Crippen LogP contribution in [0.25, 0.3) is 10.9 Å². The molecule has 0 fully saturated rings. The van der Waals surface area contributed by atoms with Crippen LogP contribution in [0, 0.1) is 0 Å². The molecule has 6 nitrogen and oxygen atoms in total. The van der Waals surface area contributed by atoms with Crippen molar-refractivity contribution in [1.29, 1.82) is 0 Å². The molecule has 2 aromatic heterocycles. The molecule has 5 rings (SSSR count). The van der Waals surface area contributed by atoms with Crippen molar-refractivity contribution in [3.05, 3.63) is 95.9 Å². The number of aromatic nitrogens is 2. The molecule has 1 aliphatic heterocycles. The first-order chi connectivity index (χ1) is 14.6. The van der Waals surface area contributed by atoms with Crippen LogP contribution in [0.15, 0.2) is 84.1 Å². The average Bonchev–Trinajstić information content (AvgIpc) is 3.25. The molecule has 2 aromatic carbocycles. The Labute approximate surface area is 174 Å². The van der Waals surface area contributed by atoms with Crippen molar-refractivity contribution in [2.24, 2.45) is 0 Å². The van der Waals surface area contributed by atoms with Gasteiger partial charge in [0.15, 0.2) is 0 Å². The normalized spacial score (nSPS) is 20.8. The number of sulfonamides is 1. The van der Waals surface area contributed by atoms with Crippen molar-refractivity contribution in [1.82, 2.24) is 14.3 Å². The quantitative estimate of drug-likeness (QED) is 0.531. The molecule has 0 saturated heterocycles. The number of nitrogens with one attached hydrogen (secondary N) is 1. The van der Waals surface area contributed by atoms with E-state index in [1.165, 1.54) is 4.31 Å². The van der Waals surface area contributed by atoms with Crippen LogP contribution in [-0.2, 0) is 23.0 Å². The Balaban J connectivity index is 1.63. The molecule has 1 aliphatic rings. The SMILES string of the molecule is O=S1(=O)c2ccccc2C(O)C(Cc2cccc3[nH]ccc23)N1Cc1cccnc1. The van der Waals surface area contributed by atoms with Gasteiger partial charge >= 0.3 is 0 Å².